The summed E-state index contributed by atoms with van der Waals surface area (Å²) >= 11 is 0. The van der Waals surface area contributed by atoms with E-state index in [0.29, 0.717) is 30.7 Å². The van der Waals surface area contributed by atoms with Crippen LogP contribution in [0.5, 0.6) is 0 Å². The van der Waals surface area contributed by atoms with Gasteiger partial charge in [-0.25, -0.2) is 12.8 Å². The lowest BCUT2D eigenvalue weighted by Gasteiger charge is -2.39. The van der Waals surface area contributed by atoms with E-state index in [1.54, 1.807) is 6.92 Å². The number of aromatic nitrogens is 1. The lowest BCUT2D eigenvalue weighted by atomic mass is 9.80. The average Bonchev–Trinajstić information content (AvgIpc) is 2.64. The van der Waals surface area contributed by atoms with Gasteiger partial charge in [0.2, 0.25) is 0 Å². The van der Waals surface area contributed by atoms with E-state index in [9.17, 15) is 26.0 Å². The van der Waals surface area contributed by atoms with Crippen LogP contribution in [0.15, 0.2) is 41.4 Å². The zero-order chi connectivity index (χ0) is 20.7. The van der Waals surface area contributed by atoms with Crippen molar-refractivity contribution in [3.05, 3.63) is 59.2 Å². The minimum Gasteiger partial charge on any atom is -0.328 e. The van der Waals surface area contributed by atoms with E-state index in [0.717, 1.165) is 6.07 Å². The van der Waals surface area contributed by atoms with Crippen molar-refractivity contribution >= 4 is 9.84 Å². The highest BCUT2D eigenvalue weighted by Gasteiger charge is 2.49. The number of nitrogens with two attached hydrogens (primary N) is 1. The predicted octanol–water partition coefficient (Wildman–Crippen LogP) is 4.12. The Morgan fingerprint density at radius 2 is 1.79 bits per heavy atom. The zero-order valence-corrected chi connectivity index (χ0v) is 15.9. The molecule has 1 aliphatic rings. The van der Waals surface area contributed by atoms with E-state index in [1.807, 2.05) is 0 Å². The number of alkyl halides is 3. The van der Waals surface area contributed by atoms with Crippen LogP contribution < -0.4 is 5.73 Å². The Morgan fingerprint density at radius 1 is 1.14 bits per heavy atom. The molecule has 0 atom stereocenters. The molecular weight excluding hydrogens is 396 g/mol. The smallest absolute Gasteiger partial charge is 0.328 e. The minimum absolute atomic E-state index is 0.0271. The number of hydrogen-bond acceptors (Lipinski definition) is 4. The second-order valence-corrected chi connectivity index (χ2v) is 9.46. The third-order valence-electron chi connectivity index (χ3n) is 5.30. The fourth-order valence-corrected chi connectivity index (χ4v) is 5.82. The van der Waals surface area contributed by atoms with Crippen LogP contribution in [0, 0.1) is 12.7 Å². The van der Waals surface area contributed by atoms with Gasteiger partial charge in [0.1, 0.15) is 16.3 Å². The third-order valence-corrected chi connectivity index (χ3v) is 7.82. The molecule has 1 saturated carbocycles. The molecule has 0 amide bonds. The van der Waals surface area contributed by atoms with Gasteiger partial charge in [0.15, 0.2) is 9.84 Å². The standard InChI is InChI=1S/C19H20F4N2O2S/c1-12-2-4-16(20)15(10-12)18(8-6-13(24)7-9-18)28(26,27)14-3-5-17(25-11-14)19(21,22)23/h2-5,10-11,13H,6-9,24H2,1H3. The number of rotatable bonds is 3. The number of aryl methyl sites for hydroxylation is 1. The van der Waals surface area contributed by atoms with Crippen molar-refractivity contribution < 1.29 is 26.0 Å². The summed E-state index contributed by atoms with van der Waals surface area (Å²) in [6.45, 7) is 1.72. The topological polar surface area (TPSA) is 73.0 Å². The number of benzene rings is 1. The number of sulfone groups is 1. The van der Waals surface area contributed by atoms with Gasteiger partial charge in [0.25, 0.3) is 0 Å². The molecule has 0 radical (unpaired) electrons. The van der Waals surface area contributed by atoms with Crippen LogP contribution >= 0.6 is 0 Å². The Bertz CT molecular complexity index is 964. The maximum Gasteiger partial charge on any atom is 0.433 e. The Morgan fingerprint density at radius 3 is 2.32 bits per heavy atom. The van der Waals surface area contributed by atoms with Crippen LogP contribution in [0.2, 0.25) is 0 Å². The van der Waals surface area contributed by atoms with E-state index in [-0.39, 0.29) is 29.3 Å². The van der Waals surface area contributed by atoms with Crippen LogP contribution in [0.4, 0.5) is 17.6 Å². The van der Waals surface area contributed by atoms with Gasteiger partial charge in [-0.2, -0.15) is 13.2 Å². The first-order chi connectivity index (χ1) is 13.0. The molecule has 1 aromatic heterocycles. The van der Waals surface area contributed by atoms with Crippen LogP contribution in [-0.4, -0.2) is 19.4 Å². The summed E-state index contributed by atoms with van der Waals surface area (Å²) in [4.78, 5) is 2.90. The Kier molecular flexibility index (Phi) is 5.26. The lowest BCUT2D eigenvalue weighted by molar-refractivity contribution is -0.141. The van der Waals surface area contributed by atoms with Crippen molar-refractivity contribution in [2.24, 2.45) is 5.73 Å². The van der Waals surface area contributed by atoms with Crippen LogP contribution in [-0.2, 0) is 20.8 Å². The monoisotopic (exact) mass is 416 g/mol. The molecule has 0 spiro atoms. The van der Waals surface area contributed by atoms with Crippen molar-refractivity contribution in [2.75, 3.05) is 0 Å². The summed E-state index contributed by atoms with van der Waals surface area (Å²) in [7, 11) is -4.23. The van der Waals surface area contributed by atoms with Crippen molar-refractivity contribution in [1.82, 2.24) is 4.98 Å². The molecule has 0 aliphatic heterocycles. The maximum atomic E-state index is 14.7. The molecule has 1 fully saturated rings. The second kappa shape index (κ2) is 7.11. The van der Waals surface area contributed by atoms with E-state index in [1.165, 1.54) is 18.2 Å². The average molecular weight is 416 g/mol. The van der Waals surface area contributed by atoms with E-state index >= 15 is 0 Å². The first kappa shape index (κ1) is 20.7. The van der Waals surface area contributed by atoms with Gasteiger partial charge in [-0.05, 0) is 50.8 Å². The summed E-state index contributed by atoms with van der Waals surface area (Å²) in [5.74, 6) is -0.662. The summed E-state index contributed by atoms with van der Waals surface area (Å²) in [6, 6.07) is 5.54. The molecule has 9 heteroatoms. The number of nitrogens with zero attached hydrogens (tertiary/aromatic N) is 1. The van der Waals surface area contributed by atoms with Crippen molar-refractivity contribution in [3.63, 3.8) is 0 Å². The van der Waals surface area contributed by atoms with Crippen LogP contribution in [0.1, 0.15) is 42.5 Å². The highest BCUT2D eigenvalue weighted by molar-refractivity contribution is 7.92. The van der Waals surface area contributed by atoms with Crippen molar-refractivity contribution in [3.8, 4) is 0 Å². The van der Waals surface area contributed by atoms with Crippen LogP contribution in [0.3, 0.4) is 0 Å². The SMILES string of the molecule is Cc1ccc(F)c(C2(S(=O)(=O)c3ccc(C(F)(F)F)nc3)CCC(N)CC2)c1. The Balaban J connectivity index is 2.16. The van der Waals surface area contributed by atoms with E-state index < -0.39 is 32.3 Å². The number of pyridine rings is 1. The molecule has 1 aromatic carbocycles. The minimum atomic E-state index is -4.68. The predicted molar refractivity (Wildman–Crippen MR) is 95.7 cm³/mol. The number of hydrogen-bond donors (Lipinski definition) is 1. The summed E-state index contributed by atoms with van der Waals surface area (Å²) in [5.41, 5.74) is 5.45. The third kappa shape index (κ3) is 3.53. The van der Waals surface area contributed by atoms with Crippen molar-refractivity contribution in [2.45, 2.75) is 54.5 Å². The first-order valence-corrected chi connectivity index (χ1v) is 10.3. The van der Waals surface area contributed by atoms with Gasteiger partial charge >= 0.3 is 6.18 Å². The molecule has 1 aliphatic carbocycles. The molecule has 4 nitrogen and oxygen atoms in total. The van der Waals surface area contributed by atoms with E-state index in [2.05, 4.69) is 4.98 Å². The first-order valence-electron chi connectivity index (χ1n) is 8.77. The van der Waals surface area contributed by atoms with E-state index in [4.69, 9.17) is 5.73 Å². The van der Waals surface area contributed by atoms with Crippen LogP contribution in [0.25, 0.3) is 0 Å². The fraction of sp³-hybridized carbons (Fsp3) is 0.421. The van der Waals surface area contributed by atoms with Gasteiger partial charge in [0.05, 0.1) is 4.90 Å². The summed E-state index contributed by atoms with van der Waals surface area (Å²) in [6.07, 6.45) is -3.10. The Labute approximate surface area is 160 Å². The Hall–Kier alpha value is -2.00. The molecule has 0 saturated heterocycles. The molecule has 3 rings (SSSR count). The van der Waals surface area contributed by atoms with Gasteiger partial charge in [-0.1, -0.05) is 17.7 Å². The highest BCUT2D eigenvalue weighted by Crippen LogP contribution is 2.47. The molecule has 1 heterocycles. The molecule has 152 valence electrons. The van der Waals surface area contributed by atoms with Gasteiger partial charge in [0, 0.05) is 17.8 Å². The molecule has 2 aromatic rings. The lowest BCUT2D eigenvalue weighted by Crippen LogP contribution is -2.43. The zero-order valence-electron chi connectivity index (χ0n) is 15.1. The summed E-state index contributed by atoms with van der Waals surface area (Å²) in [5, 5.41) is 0. The van der Waals surface area contributed by atoms with Gasteiger partial charge in [-0.15, -0.1) is 0 Å². The number of halogens is 4. The molecule has 0 unspecified atom stereocenters. The molecule has 0 bridgehead atoms. The summed E-state index contributed by atoms with van der Waals surface area (Å²) < 4.78 is 78.5. The molecular formula is C19H20F4N2O2S. The van der Waals surface area contributed by atoms with Gasteiger partial charge < -0.3 is 5.73 Å². The quantitative estimate of drug-likeness (QED) is 0.764. The normalized spacial score (nSPS) is 23.6. The fourth-order valence-electron chi connectivity index (χ4n) is 3.71. The van der Waals surface area contributed by atoms with Crippen molar-refractivity contribution in [1.29, 1.82) is 0 Å². The molecule has 28 heavy (non-hydrogen) atoms. The second-order valence-electron chi connectivity index (χ2n) is 7.20. The van der Waals surface area contributed by atoms with Gasteiger partial charge in [-0.3, -0.25) is 4.98 Å². The maximum absolute atomic E-state index is 14.7. The largest absolute Gasteiger partial charge is 0.433 e. The highest BCUT2D eigenvalue weighted by atomic mass is 32.2. The molecule has 2 N–H and O–H groups in total.